The molecule has 1 unspecified atom stereocenters. The van der Waals surface area contributed by atoms with Crippen molar-refractivity contribution in [1.29, 1.82) is 5.26 Å². The average Bonchev–Trinajstić information content (AvgIpc) is 2.37. The molecule has 1 heterocycles. The van der Waals surface area contributed by atoms with Crippen LogP contribution in [-0.4, -0.2) is 38.1 Å². The highest BCUT2D eigenvalue weighted by molar-refractivity contribution is 8.01. The van der Waals surface area contributed by atoms with Crippen LogP contribution in [0.25, 0.3) is 0 Å². The molecule has 2 rings (SSSR count). The first-order chi connectivity index (χ1) is 8.93. The van der Waals surface area contributed by atoms with Crippen LogP contribution in [0.2, 0.25) is 0 Å². The van der Waals surface area contributed by atoms with E-state index in [9.17, 15) is 8.42 Å². The number of anilines is 2. The van der Waals surface area contributed by atoms with Crippen molar-refractivity contribution < 1.29 is 8.42 Å². The number of rotatable bonds is 2. The molecule has 1 fully saturated rings. The van der Waals surface area contributed by atoms with Gasteiger partial charge in [-0.2, -0.15) is 17.0 Å². The van der Waals surface area contributed by atoms with Gasteiger partial charge in [-0.3, -0.25) is 0 Å². The molecule has 1 aliphatic heterocycles. The van der Waals surface area contributed by atoms with E-state index < -0.39 is 15.2 Å². The summed E-state index contributed by atoms with van der Waals surface area (Å²) in [7, 11) is -3.15. The summed E-state index contributed by atoms with van der Waals surface area (Å²) in [6.07, 6.45) is 1.25. The number of hydrogen-bond donors (Lipinski definition) is 1. The molecule has 1 aromatic carbocycles. The standard InChI is InChI=1S/C12H15N3O2S2/c1-19(16,17)12-8-18-5-4-15(12)10-3-2-9(7-13)11(14)6-10/h2-3,6,12H,4-5,8,14H2,1H3. The Kier molecular flexibility index (Phi) is 3.92. The van der Waals surface area contributed by atoms with Gasteiger partial charge in [0.1, 0.15) is 11.4 Å². The number of thioether (sulfide) groups is 1. The highest BCUT2D eigenvalue weighted by Crippen LogP contribution is 2.29. The van der Waals surface area contributed by atoms with Crippen molar-refractivity contribution >= 4 is 33.0 Å². The zero-order chi connectivity index (χ0) is 14.0. The second-order valence-electron chi connectivity index (χ2n) is 4.44. The third-order valence-corrected chi connectivity index (χ3v) is 5.71. The summed E-state index contributed by atoms with van der Waals surface area (Å²) in [6, 6.07) is 7.06. The fraction of sp³-hybridized carbons (Fsp3) is 0.417. The van der Waals surface area contributed by atoms with E-state index in [4.69, 9.17) is 11.0 Å². The summed E-state index contributed by atoms with van der Waals surface area (Å²) in [5.74, 6) is 1.44. The summed E-state index contributed by atoms with van der Waals surface area (Å²) < 4.78 is 23.7. The fourth-order valence-corrected chi connectivity index (χ4v) is 4.90. The van der Waals surface area contributed by atoms with Gasteiger partial charge in [0.2, 0.25) is 0 Å². The molecular formula is C12H15N3O2S2. The van der Waals surface area contributed by atoms with Crippen molar-refractivity contribution in [1.82, 2.24) is 0 Å². The SMILES string of the molecule is CS(=O)(=O)C1CSCCN1c1ccc(C#N)c(N)c1. The van der Waals surface area contributed by atoms with Crippen molar-refractivity contribution in [2.24, 2.45) is 0 Å². The van der Waals surface area contributed by atoms with Crippen LogP contribution in [0, 0.1) is 11.3 Å². The van der Waals surface area contributed by atoms with Crippen LogP contribution in [0.5, 0.6) is 0 Å². The lowest BCUT2D eigenvalue weighted by atomic mass is 10.1. The van der Waals surface area contributed by atoms with E-state index in [1.165, 1.54) is 6.26 Å². The topological polar surface area (TPSA) is 87.2 Å². The van der Waals surface area contributed by atoms with E-state index in [1.54, 1.807) is 30.0 Å². The van der Waals surface area contributed by atoms with E-state index in [0.29, 0.717) is 23.5 Å². The Hall–Kier alpha value is -1.39. The summed E-state index contributed by atoms with van der Waals surface area (Å²) >= 11 is 1.64. The lowest BCUT2D eigenvalue weighted by Crippen LogP contribution is -2.47. The third kappa shape index (κ3) is 2.96. The number of nitrogens with two attached hydrogens (primary N) is 1. The van der Waals surface area contributed by atoms with Gasteiger partial charge in [0.25, 0.3) is 0 Å². The van der Waals surface area contributed by atoms with E-state index >= 15 is 0 Å². The maximum atomic E-state index is 11.8. The minimum absolute atomic E-state index is 0.380. The van der Waals surface area contributed by atoms with Crippen LogP contribution in [0.3, 0.4) is 0 Å². The zero-order valence-corrected chi connectivity index (χ0v) is 12.2. The van der Waals surface area contributed by atoms with Crippen molar-refractivity contribution in [3.05, 3.63) is 23.8 Å². The van der Waals surface area contributed by atoms with Gasteiger partial charge in [-0.05, 0) is 18.2 Å². The highest BCUT2D eigenvalue weighted by Gasteiger charge is 2.31. The Morgan fingerprint density at radius 1 is 1.53 bits per heavy atom. The molecule has 0 bridgehead atoms. The summed E-state index contributed by atoms with van der Waals surface area (Å²) in [4.78, 5) is 1.85. The molecule has 0 aromatic heterocycles. The first-order valence-corrected chi connectivity index (χ1v) is 8.87. The number of nitriles is 1. The van der Waals surface area contributed by atoms with Gasteiger partial charge in [0.15, 0.2) is 9.84 Å². The molecule has 2 N–H and O–H groups in total. The minimum Gasteiger partial charge on any atom is -0.398 e. The largest absolute Gasteiger partial charge is 0.398 e. The van der Waals surface area contributed by atoms with Crippen LogP contribution < -0.4 is 10.6 Å². The van der Waals surface area contributed by atoms with Crippen LogP contribution in [0.1, 0.15) is 5.56 Å². The molecule has 0 amide bonds. The Labute approximate surface area is 117 Å². The lowest BCUT2D eigenvalue weighted by molar-refractivity contribution is 0.584. The zero-order valence-electron chi connectivity index (χ0n) is 10.5. The van der Waals surface area contributed by atoms with Crippen LogP contribution in [0.15, 0.2) is 18.2 Å². The van der Waals surface area contributed by atoms with Gasteiger partial charge in [-0.1, -0.05) is 0 Å². The fourth-order valence-electron chi connectivity index (χ4n) is 2.06. The molecule has 5 nitrogen and oxygen atoms in total. The van der Waals surface area contributed by atoms with E-state index in [2.05, 4.69) is 0 Å². The number of nitrogens with zero attached hydrogens (tertiary/aromatic N) is 2. The van der Waals surface area contributed by atoms with E-state index in [-0.39, 0.29) is 0 Å². The Morgan fingerprint density at radius 2 is 2.26 bits per heavy atom. The second kappa shape index (κ2) is 5.31. The first kappa shape index (κ1) is 14.0. The average molecular weight is 297 g/mol. The number of nitrogen functional groups attached to an aromatic ring is 1. The molecule has 0 spiro atoms. The molecule has 1 atom stereocenters. The van der Waals surface area contributed by atoms with Crippen molar-refractivity contribution in [2.45, 2.75) is 5.37 Å². The molecule has 1 aliphatic rings. The molecule has 0 aliphatic carbocycles. The minimum atomic E-state index is -3.15. The Bertz CT molecular complexity index is 622. The van der Waals surface area contributed by atoms with Gasteiger partial charge < -0.3 is 10.6 Å². The molecule has 1 aromatic rings. The van der Waals surface area contributed by atoms with Crippen molar-refractivity contribution in [3.63, 3.8) is 0 Å². The quantitative estimate of drug-likeness (QED) is 0.821. The maximum Gasteiger partial charge on any atom is 0.169 e. The van der Waals surface area contributed by atoms with Gasteiger partial charge in [-0.25, -0.2) is 8.42 Å². The molecule has 19 heavy (non-hydrogen) atoms. The molecule has 0 radical (unpaired) electrons. The summed E-state index contributed by atoms with van der Waals surface area (Å²) in [6.45, 7) is 0.660. The first-order valence-electron chi connectivity index (χ1n) is 5.76. The number of hydrogen-bond acceptors (Lipinski definition) is 6. The highest BCUT2D eigenvalue weighted by atomic mass is 32.2. The normalized spacial score (nSPS) is 20.0. The van der Waals surface area contributed by atoms with E-state index in [1.807, 2.05) is 11.0 Å². The Morgan fingerprint density at radius 3 is 2.84 bits per heavy atom. The van der Waals surface area contributed by atoms with E-state index in [0.717, 1.165) is 11.4 Å². The predicted octanol–water partition coefficient (Wildman–Crippen LogP) is 1.06. The maximum absolute atomic E-state index is 11.8. The molecule has 102 valence electrons. The van der Waals surface area contributed by atoms with Gasteiger partial charge >= 0.3 is 0 Å². The predicted molar refractivity (Wildman–Crippen MR) is 78.9 cm³/mol. The lowest BCUT2D eigenvalue weighted by Gasteiger charge is -2.36. The van der Waals surface area contributed by atoms with Crippen molar-refractivity contribution in [2.75, 3.05) is 34.9 Å². The summed E-state index contributed by atoms with van der Waals surface area (Å²) in [5, 5.41) is 8.33. The van der Waals surface area contributed by atoms with Crippen LogP contribution in [-0.2, 0) is 9.84 Å². The van der Waals surface area contributed by atoms with Crippen LogP contribution >= 0.6 is 11.8 Å². The monoisotopic (exact) mass is 297 g/mol. The third-order valence-electron chi connectivity index (χ3n) is 3.07. The number of sulfone groups is 1. The second-order valence-corrected chi connectivity index (χ2v) is 7.79. The molecular weight excluding hydrogens is 282 g/mol. The Balaban J connectivity index is 2.39. The smallest absolute Gasteiger partial charge is 0.169 e. The summed E-state index contributed by atoms with van der Waals surface area (Å²) in [5.41, 5.74) is 7.33. The van der Waals surface area contributed by atoms with Gasteiger partial charge in [0.05, 0.1) is 11.3 Å². The molecule has 7 heteroatoms. The molecule has 0 saturated carbocycles. The van der Waals surface area contributed by atoms with Crippen LogP contribution in [0.4, 0.5) is 11.4 Å². The van der Waals surface area contributed by atoms with Gasteiger partial charge in [-0.15, -0.1) is 0 Å². The van der Waals surface area contributed by atoms with Crippen molar-refractivity contribution in [3.8, 4) is 6.07 Å². The van der Waals surface area contributed by atoms with Gasteiger partial charge in [0, 0.05) is 30.0 Å². The molecule has 1 saturated heterocycles. The number of benzene rings is 1.